The highest BCUT2D eigenvalue weighted by molar-refractivity contribution is 7.09. The van der Waals surface area contributed by atoms with Crippen LogP contribution in [0.25, 0.3) is 0 Å². The molecule has 1 heterocycles. The van der Waals surface area contributed by atoms with Crippen molar-refractivity contribution in [3.63, 3.8) is 0 Å². The first kappa shape index (κ1) is 17.5. The fourth-order valence-corrected chi connectivity index (χ4v) is 2.55. The highest BCUT2D eigenvalue weighted by Crippen LogP contribution is 2.10. The normalized spacial score (nSPS) is 11.2. The molecule has 0 aliphatic carbocycles. The van der Waals surface area contributed by atoms with Crippen molar-refractivity contribution >= 4 is 11.3 Å². The van der Waals surface area contributed by atoms with Crippen LogP contribution in [0.15, 0.2) is 5.51 Å². The number of hydrogen-bond acceptors (Lipinski definition) is 5. The first-order valence-corrected chi connectivity index (χ1v) is 7.78. The topological polar surface area (TPSA) is 40.8 Å². The summed E-state index contributed by atoms with van der Waals surface area (Å²) < 4.78 is 23.3. The van der Waals surface area contributed by atoms with E-state index >= 15 is 0 Å². The Morgan fingerprint density at radius 3 is 2.00 bits per heavy atom. The zero-order valence-electron chi connectivity index (χ0n) is 12.7. The van der Waals surface area contributed by atoms with Gasteiger partial charge in [-0.05, 0) is 0 Å². The Bertz CT molecular complexity index is 357. The lowest BCUT2D eigenvalue weighted by molar-refractivity contribution is -0.673. The van der Waals surface area contributed by atoms with Gasteiger partial charge < -0.3 is 18.9 Å². The van der Waals surface area contributed by atoms with E-state index in [0.29, 0.717) is 39.6 Å². The van der Waals surface area contributed by atoms with Gasteiger partial charge in [-0.3, -0.25) is 0 Å². The van der Waals surface area contributed by atoms with E-state index in [2.05, 4.69) is 24.0 Å². The summed E-state index contributed by atoms with van der Waals surface area (Å²) in [7, 11) is 3.73. The molecule has 0 aliphatic rings. The number of thiazole rings is 1. The zero-order chi connectivity index (χ0) is 14.6. The van der Waals surface area contributed by atoms with Crippen LogP contribution in [-0.4, -0.2) is 53.4 Å². The number of rotatable bonds is 12. The Balaban J connectivity index is 1.87. The predicted molar refractivity (Wildman–Crippen MR) is 78.3 cm³/mol. The van der Waals surface area contributed by atoms with Crippen LogP contribution >= 0.6 is 11.3 Å². The molecule has 0 radical (unpaired) electrons. The second kappa shape index (κ2) is 11.2. The third-order valence-electron chi connectivity index (χ3n) is 2.93. The van der Waals surface area contributed by atoms with E-state index in [1.165, 1.54) is 10.6 Å². The number of hydrogen-bond donors (Lipinski definition) is 0. The average molecular weight is 304 g/mol. The molecule has 0 aliphatic heterocycles. The molecule has 1 aromatic rings. The summed E-state index contributed by atoms with van der Waals surface area (Å²) in [5, 5.41) is 0. The minimum Gasteiger partial charge on any atom is -0.382 e. The Kier molecular flexibility index (Phi) is 9.78. The summed E-state index contributed by atoms with van der Waals surface area (Å²) in [5.74, 6) is 0. The second-order valence-electron chi connectivity index (χ2n) is 4.42. The molecule has 1 rings (SSSR count). The van der Waals surface area contributed by atoms with Crippen molar-refractivity contribution in [2.24, 2.45) is 7.05 Å². The maximum atomic E-state index is 5.56. The molecule has 1 aromatic heterocycles. The van der Waals surface area contributed by atoms with Gasteiger partial charge in [0.25, 0.3) is 0 Å². The lowest BCUT2D eigenvalue weighted by Gasteiger charge is -2.06. The average Bonchev–Trinajstić information content (AvgIpc) is 2.76. The molecular formula is C14H26NO4S+. The molecule has 0 saturated carbocycles. The molecule has 0 fully saturated rings. The van der Waals surface area contributed by atoms with Crippen LogP contribution in [-0.2, 0) is 32.4 Å². The number of aromatic nitrogens is 1. The van der Waals surface area contributed by atoms with Gasteiger partial charge >= 0.3 is 0 Å². The van der Waals surface area contributed by atoms with Crippen LogP contribution < -0.4 is 4.57 Å². The van der Waals surface area contributed by atoms with Crippen LogP contribution in [0.5, 0.6) is 0 Å². The molecule has 0 unspecified atom stereocenters. The molecule has 5 nitrogen and oxygen atoms in total. The first-order chi connectivity index (χ1) is 9.75. The fraction of sp³-hybridized carbons (Fsp3) is 0.786. The van der Waals surface area contributed by atoms with E-state index in [-0.39, 0.29) is 0 Å². The minimum atomic E-state index is 0.604. The Morgan fingerprint density at radius 2 is 1.50 bits per heavy atom. The van der Waals surface area contributed by atoms with Gasteiger partial charge in [0.2, 0.25) is 5.51 Å². The van der Waals surface area contributed by atoms with Gasteiger partial charge in [-0.1, -0.05) is 11.3 Å². The van der Waals surface area contributed by atoms with Gasteiger partial charge in [-0.25, -0.2) is 0 Å². The van der Waals surface area contributed by atoms with E-state index in [9.17, 15) is 0 Å². The molecule has 0 atom stereocenters. The summed E-state index contributed by atoms with van der Waals surface area (Å²) in [6.07, 6.45) is 0.970. The number of ether oxygens (including phenoxy) is 4. The largest absolute Gasteiger partial charge is 0.382 e. The van der Waals surface area contributed by atoms with E-state index in [4.69, 9.17) is 18.9 Å². The Hall–Kier alpha value is -0.530. The van der Waals surface area contributed by atoms with Crippen molar-refractivity contribution in [1.82, 2.24) is 0 Å². The monoisotopic (exact) mass is 304 g/mol. The van der Waals surface area contributed by atoms with Crippen molar-refractivity contribution in [2.45, 2.75) is 13.3 Å². The quantitative estimate of drug-likeness (QED) is 0.429. The van der Waals surface area contributed by atoms with E-state index in [0.717, 1.165) is 13.0 Å². The van der Waals surface area contributed by atoms with Crippen LogP contribution in [0.3, 0.4) is 0 Å². The molecule has 0 saturated heterocycles. The minimum absolute atomic E-state index is 0.604. The van der Waals surface area contributed by atoms with E-state index in [1.807, 2.05) is 0 Å². The number of aryl methyl sites for hydroxylation is 1. The van der Waals surface area contributed by atoms with Gasteiger partial charge in [0.05, 0.1) is 51.1 Å². The van der Waals surface area contributed by atoms with Crippen molar-refractivity contribution in [3.05, 3.63) is 16.1 Å². The molecule has 0 spiro atoms. The maximum Gasteiger partial charge on any atom is 0.224 e. The van der Waals surface area contributed by atoms with E-state index < -0.39 is 0 Å². The molecule has 0 N–H and O–H groups in total. The summed E-state index contributed by atoms with van der Waals surface area (Å²) in [5.41, 5.74) is 3.44. The predicted octanol–water partition coefficient (Wildman–Crippen LogP) is 1.12. The smallest absolute Gasteiger partial charge is 0.224 e. The molecule has 20 heavy (non-hydrogen) atoms. The fourth-order valence-electron chi connectivity index (χ4n) is 1.59. The van der Waals surface area contributed by atoms with Gasteiger partial charge in [-0.15, -0.1) is 0 Å². The van der Waals surface area contributed by atoms with Crippen molar-refractivity contribution in [1.29, 1.82) is 0 Å². The highest BCUT2D eigenvalue weighted by Gasteiger charge is 2.10. The lowest BCUT2D eigenvalue weighted by Crippen LogP contribution is -2.28. The number of methoxy groups -OCH3 is 1. The molecule has 6 heteroatoms. The first-order valence-electron chi connectivity index (χ1n) is 6.90. The van der Waals surface area contributed by atoms with Gasteiger partial charge in [0.1, 0.15) is 7.05 Å². The summed E-state index contributed by atoms with van der Waals surface area (Å²) >= 11 is 1.78. The molecule has 0 amide bonds. The van der Waals surface area contributed by atoms with Crippen molar-refractivity contribution < 1.29 is 23.5 Å². The van der Waals surface area contributed by atoms with Crippen LogP contribution in [0.1, 0.15) is 10.6 Å². The molecule has 0 aromatic carbocycles. The molecule has 0 bridgehead atoms. The Morgan fingerprint density at radius 1 is 0.950 bits per heavy atom. The van der Waals surface area contributed by atoms with Gasteiger partial charge in [0.15, 0.2) is 5.69 Å². The molecule has 116 valence electrons. The number of nitrogens with zero attached hydrogens (tertiary/aromatic N) is 1. The van der Waals surface area contributed by atoms with E-state index in [1.54, 1.807) is 18.4 Å². The SMILES string of the molecule is COCCOCCOCCOCCc1sc[n+](C)c1C. The van der Waals surface area contributed by atoms with Crippen LogP contribution in [0.4, 0.5) is 0 Å². The summed E-state index contributed by atoms with van der Waals surface area (Å²) in [4.78, 5) is 1.39. The summed E-state index contributed by atoms with van der Waals surface area (Å²) in [6, 6.07) is 0. The molecular weight excluding hydrogens is 278 g/mol. The zero-order valence-corrected chi connectivity index (χ0v) is 13.5. The van der Waals surface area contributed by atoms with Crippen molar-refractivity contribution in [2.75, 3.05) is 53.4 Å². The van der Waals surface area contributed by atoms with Gasteiger partial charge in [-0.2, -0.15) is 4.57 Å². The summed E-state index contributed by atoms with van der Waals surface area (Å²) in [6.45, 7) is 6.59. The third kappa shape index (κ3) is 7.31. The highest BCUT2D eigenvalue weighted by atomic mass is 32.1. The maximum absolute atomic E-state index is 5.56. The third-order valence-corrected chi connectivity index (χ3v) is 4.14. The standard InChI is InChI=1S/C14H26NO4S/c1-13-14(20-12-15(13)2)4-5-17-8-9-19-11-10-18-7-6-16-3/h12H,4-11H2,1-3H3/q+1. The van der Waals surface area contributed by atoms with Crippen molar-refractivity contribution in [3.8, 4) is 0 Å². The van der Waals surface area contributed by atoms with Crippen LogP contribution in [0, 0.1) is 6.92 Å². The van der Waals surface area contributed by atoms with Crippen LogP contribution in [0.2, 0.25) is 0 Å². The second-order valence-corrected chi connectivity index (χ2v) is 5.36. The lowest BCUT2D eigenvalue weighted by atomic mass is 10.3. The van der Waals surface area contributed by atoms with Gasteiger partial charge in [0, 0.05) is 20.5 Å². The Labute approximate surface area is 125 Å².